The molecule has 0 aromatic carbocycles. The van der Waals surface area contributed by atoms with Gasteiger partial charge in [0.2, 0.25) is 0 Å². The van der Waals surface area contributed by atoms with Crippen molar-refractivity contribution in [3.05, 3.63) is 18.0 Å². The number of carbonyl (C=O) groups is 1. The molecule has 0 aliphatic carbocycles. The molecule has 2 unspecified atom stereocenters. The first-order valence-electron chi connectivity index (χ1n) is 8.59. The lowest BCUT2D eigenvalue weighted by molar-refractivity contribution is 0.0342. The van der Waals surface area contributed by atoms with E-state index in [1.54, 1.807) is 0 Å². The van der Waals surface area contributed by atoms with Gasteiger partial charge in [0.15, 0.2) is 0 Å². The van der Waals surface area contributed by atoms with Crippen LogP contribution in [0, 0.1) is 0 Å². The molecule has 0 saturated carbocycles. The highest BCUT2D eigenvalue weighted by molar-refractivity contribution is 5.92. The van der Waals surface area contributed by atoms with Gasteiger partial charge in [0.1, 0.15) is 5.69 Å². The number of morpholine rings is 1. The molecule has 2 aliphatic rings. The largest absolute Gasteiger partial charge is 0.379 e. The predicted octanol–water partition coefficient (Wildman–Crippen LogP) is 0.680. The third-order valence-electron chi connectivity index (χ3n) is 4.50. The molecule has 8 heteroatoms. The Morgan fingerprint density at radius 1 is 1.50 bits per heavy atom. The molecule has 3 heterocycles. The molecule has 2 atom stereocenters. The van der Waals surface area contributed by atoms with Gasteiger partial charge in [-0.25, -0.2) is 0 Å². The predicted molar refractivity (Wildman–Crippen MR) is 94.8 cm³/mol. The van der Waals surface area contributed by atoms with Gasteiger partial charge in [-0.3, -0.25) is 14.4 Å². The van der Waals surface area contributed by atoms with Crippen molar-refractivity contribution in [3.63, 3.8) is 0 Å². The lowest BCUT2D eigenvalue weighted by atomic mass is 10.1. The van der Waals surface area contributed by atoms with Crippen LogP contribution in [0.25, 0.3) is 0 Å². The van der Waals surface area contributed by atoms with Crippen LogP contribution in [0.1, 0.15) is 36.3 Å². The Morgan fingerprint density at radius 2 is 2.29 bits per heavy atom. The van der Waals surface area contributed by atoms with Gasteiger partial charge in [-0.05, 0) is 32.4 Å². The third-order valence-corrected chi connectivity index (χ3v) is 4.50. The first-order chi connectivity index (χ1) is 11.2. The standard InChI is InChI=1S/C16H27N5O2.ClH/c1-13(12-20-7-9-23-10-8-20)18-16(22)15-4-6-21(19-15)14-3-2-5-17-11-14;/h4,6,13-14,17H,2-3,5,7-12H2,1H3,(H,18,22);1H. The smallest absolute Gasteiger partial charge is 0.272 e. The fourth-order valence-electron chi connectivity index (χ4n) is 3.24. The third kappa shape index (κ3) is 5.17. The molecule has 2 saturated heterocycles. The number of rotatable bonds is 5. The van der Waals surface area contributed by atoms with E-state index in [0.717, 1.165) is 58.8 Å². The van der Waals surface area contributed by atoms with Crippen molar-refractivity contribution in [1.82, 2.24) is 25.3 Å². The summed E-state index contributed by atoms with van der Waals surface area (Å²) in [6, 6.07) is 2.27. The second kappa shape index (κ2) is 9.36. The zero-order valence-electron chi connectivity index (χ0n) is 14.2. The minimum absolute atomic E-state index is 0. The maximum atomic E-state index is 12.3. The fraction of sp³-hybridized carbons (Fsp3) is 0.750. The minimum Gasteiger partial charge on any atom is -0.379 e. The second-order valence-corrected chi connectivity index (χ2v) is 6.47. The number of nitrogens with one attached hydrogen (secondary N) is 2. The summed E-state index contributed by atoms with van der Waals surface area (Å²) in [5.74, 6) is -0.0896. The average molecular weight is 358 g/mol. The van der Waals surface area contributed by atoms with Crippen LogP contribution in [0.5, 0.6) is 0 Å². The number of hydrogen-bond donors (Lipinski definition) is 2. The van der Waals surface area contributed by atoms with Crippen LogP contribution >= 0.6 is 12.4 Å². The lowest BCUT2D eigenvalue weighted by Crippen LogP contribution is -2.46. The van der Waals surface area contributed by atoms with Crippen LogP contribution < -0.4 is 10.6 Å². The summed E-state index contributed by atoms with van der Waals surface area (Å²) in [6.45, 7) is 8.31. The molecular formula is C16H28ClN5O2. The monoisotopic (exact) mass is 357 g/mol. The van der Waals surface area contributed by atoms with Gasteiger partial charge in [-0.15, -0.1) is 12.4 Å². The molecule has 0 spiro atoms. The Hall–Kier alpha value is -1.15. The maximum absolute atomic E-state index is 12.3. The average Bonchev–Trinajstić information content (AvgIpc) is 3.06. The van der Waals surface area contributed by atoms with Gasteiger partial charge in [0.25, 0.3) is 5.91 Å². The van der Waals surface area contributed by atoms with Crippen LogP contribution in [-0.2, 0) is 4.74 Å². The molecule has 0 radical (unpaired) electrons. The van der Waals surface area contributed by atoms with Crippen molar-refractivity contribution in [2.24, 2.45) is 0 Å². The summed E-state index contributed by atoms with van der Waals surface area (Å²) in [6.07, 6.45) is 4.19. The number of halogens is 1. The van der Waals surface area contributed by atoms with E-state index >= 15 is 0 Å². The van der Waals surface area contributed by atoms with E-state index in [0.29, 0.717) is 11.7 Å². The van der Waals surface area contributed by atoms with E-state index in [9.17, 15) is 4.79 Å². The highest BCUT2D eigenvalue weighted by Crippen LogP contribution is 2.15. The van der Waals surface area contributed by atoms with E-state index in [4.69, 9.17) is 4.74 Å². The zero-order chi connectivity index (χ0) is 16.1. The second-order valence-electron chi connectivity index (χ2n) is 6.47. The number of amides is 1. The Morgan fingerprint density at radius 3 is 3.00 bits per heavy atom. The van der Waals surface area contributed by atoms with Crippen molar-refractivity contribution >= 4 is 18.3 Å². The maximum Gasteiger partial charge on any atom is 0.272 e. The molecule has 2 fully saturated rings. The molecule has 0 bridgehead atoms. The zero-order valence-corrected chi connectivity index (χ0v) is 15.1. The van der Waals surface area contributed by atoms with Crippen LogP contribution in [0.2, 0.25) is 0 Å². The molecule has 2 aliphatic heterocycles. The number of ether oxygens (including phenoxy) is 1. The molecule has 1 aromatic heterocycles. The van der Waals surface area contributed by atoms with E-state index in [1.165, 1.54) is 0 Å². The lowest BCUT2D eigenvalue weighted by Gasteiger charge is -2.29. The van der Waals surface area contributed by atoms with Crippen LogP contribution in [0.4, 0.5) is 0 Å². The van der Waals surface area contributed by atoms with E-state index in [1.807, 2.05) is 23.9 Å². The van der Waals surface area contributed by atoms with E-state index in [-0.39, 0.29) is 24.4 Å². The molecule has 24 heavy (non-hydrogen) atoms. The van der Waals surface area contributed by atoms with Gasteiger partial charge >= 0.3 is 0 Å². The number of piperidine rings is 1. The number of nitrogens with zero attached hydrogens (tertiary/aromatic N) is 3. The fourth-order valence-corrected chi connectivity index (χ4v) is 3.24. The Bertz CT molecular complexity index is 512. The number of aromatic nitrogens is 2. The van der Waals surface area contributed by atoms with Crippen molar-refractivity contribution in [1.29, 1.82) is 0 Å². The van der Waals surface area contributed by atoms with Crippen LogP contribution in [-0.4, -0.2) is 72.6 Å². The molecule has 3 rings (SSSR count). The van der Waals surface area contributed by atoms with Crippen LogP contribution in [0.3, 0.4) is 0 Å². The van der Waals surface area contributed by atoms with Crippen molar-refractivity contribution in [2.75, 3.05) is 45.9 Å². The van der Waals surface area contributed by atoms with Gasteiger partial charge in [0, 0.05) is 38.4 Å². The number of hydrogen-bond acceptors (Lipinski definition) is 5. The topological polar surface area (TPSA) is 71.4 Å². The highest BCUT2D eigenvalue weighted by Gasteiger charge is 2.19. The summed E-state index contributed by atoms with van der Waals surface area (Å²) in [5, 5.41) is 10.9. The van der Waals surface area contributed by atoms with E-state index in [2.05, 4.69) is 20.6 Å². The molecule has 2 N–H and O–H groups in total. The first kappa shape index (κ1) is 19.2. The first-order valence-corrected chi connectivity index (χ1v) is 8.59. The van der Waals surface area contributed by atoms with Crippen LogP contribution in [0.15, 0.2) is 12.3 Å². The van der Waals surface area contributed by atoms with Gasteiger partial charge in [-0.2, -0.15) is 5.10 Å². The van der Waals surface area contributed by atoms with E-state index < -0.39 is 0 Å². The molecule has 7 nitrogen and oxygen atoms in total. The van der Waals surface area contributed by atoms with Crippen molar-refractivity contribution in [2.45, 2.75) is 31.8 Å². The molecule has 1 amide bonds. The summed E-state index contributed by atoms with van der Waals surface area (Å²) >= 11 is 0. The van der Waals surface area contributed by atoms with Crippen molar-refractivity contribution in [3.8, 4) is 0 Å². The van der Waals surface area contributed by atoms with Crippen molar-refractivity contribution < 1.29 is 9.53 Å². The molecule has 1 aromatic rings. The number of carbonyl (C=O) groups excluding carboxylic acids is 1. The SMILES string of the molecule is CC(CN1CCOCC1)NC(=O)c1ccn(C2CCCNC2)n1.Cl. The summed E-state index contributed by atoms with van der Waals surface area (Å²) in [7, 11) is 0. The Labute approximate surface area is 149 Å². The Kier molecular flexibility index (Phi) is 7.48. The molecule has 136 valence electrons. The Balaban J connectivity index is 0.00000208. The van der Waals surface area contributed by atoms with Gasteiger partial charge < -0.3 is 15.4 Å². The van der Waals surface area contributed by atoms with Gasteiger partial charge in [0.05, 0.1) is 19.3 Å². The summed E-state index contributed by atoms with van der Waals surface area (Å²) < 4.78 is 7.27. The highest BCUT2D eigenvalue weighted by atomic mass is 35.5. The summed E-state index contributed by atoms with van der Waals surface area (Å²) in [5.41, 5.74) is 0.504. The minimum atomic E-state index is -0.0896. The quantitative estimate of drug-likeness (QED) is 0.811. The summed E-state index contributed by atoms with van der Waals surface area (Å²) in [4.78, 5) is 14.7. The normalized spacial score (nSPS) is 23.3. The molecular weight excluding hydrogens is 330 g/mol. The van der Waals surface area contributed by atoms with Gasteiger partial charge in [-0.1, -0.05) is 0 Å².